The SMILES string of the molecule is CSc1ccc(CC(=O)NCC(C)CN)cc1. The van der Waals surface area contributed by atoms with Crippen molar-refractivity contribution < 1.29 is 4.79 Å². The molecule has 0 aliphatic carbocycles. The first-order valence-corrected chi connectivity index (χ1v) is 6.98. The number of carbonyl (C=O) groups excluding carboxylic acids is 1. The lowest BCUT2D eigenvalue weighted by atomic mass is 10.1. The second-order valence-corrected chi connectivity index (χ2v) is 5.05. The molecule has 17 heavy (non-hydrogen) atoms. The molecule has 1 unspecified atom stereocenters. The summed E-state index contributed by atoms with van der Waals surface area (Å²) >= 11 is 1.70. The summed E-state index contributed by atoms with van der Waals surface area (Å²) in [5, 5.41) is 2.89. The quantitative estimate of drug-likeness (QED) is 0.757. The minimum Gasteiger partial charge on any atom is -0.356 e. The van der Waals surface area contributed by atoms with Crippen molar-refractivity contribution in [2.45, 2.75) is 18.2 Å². The Hall–Kier alpha value is -1.00. The minimum atomic E-state index is 0.0576. The van der Waals surface area contributed by atoms with Crippen LogP contribution in [0, 0.1) is 5.92 Å². The number of nitrogens with one attached hydrogen (secondary N) is 1. The van der Waals surface area contributed by atoms with Crippen LogP contribution in [0.5, 0.6) is 0 Å². The normalized spacial score (nSPS) is 12.2. The van der Waals surface area contributed by atoms with Gasteiger partial charge in [-0.2, -0.15) is 0 Å². The lowest BCUT2D eigenvalue weighted by Crippen LogP contribution is -2.32. The van der Waals surface area contributed by atoms with E-state index in [9.17, 15) is 4.79 Å². The van der Waals surface area contributed by atoms with E-state index in [0.717, 1.165) is 5.56 Å². The van der Waals surface area contributed by atoms with Gasteiger partial charge in [0.05, 0.1) is 6.42 Å². The zero-order chi connectivity index (χ0) is 12.7. The molecule has 0 saturated carbocycles. The monoisotopic (exact) mass is 252 g/mol. The van der Waals surface area contributed by atoms with Crippen molar-refractivity contribution in [1.82, 2.24) is 5.32 Å². The molecule has 1 amide bonds. The molecule has 0 bridgehead atoms. The largest absolute Gasteiger partial charge is 0.356 e. The molecule has 1 atom stereocenters. The molecule has 4 heteroatoms. The van der Waals surface area contributed by atoms with Gasteiger partial charge in [0.25, 0.3) is 0 Å². The van der Waals surface area contributed by atoms with E-state index < -0.39 is 0 Å². The molecule has 1 rings (SSSR count). The first-order valence-electron chi connectivity index (χ1n) is 5.75. The van der Waals surface area contributed by atoms with E-state index in [1.54, 1.807) is 11.8 Å². The number of rotatable bonds is 6. The highest BCUT2D eigenvalue weighted by molar-refractivity contribution is 7.98. The molecule has 0 aromatic heterocycles. The van der Waals surface area contributed by atoms with Crippen LogP contribution in [0.25, 0.3) is 0 Å². The van der Waals surface area contributed by atoms with Gasteiger partial charge in [0.15, 0.2) is 0 Å². The second kappa shape index (κ2) is 7.35. The van der Waals surface area contributed by atoms with E-state index in [4.69, 9.17) is 5.73 Å². The van der Waals surface area contributed by atoms with Gasteiger partial charge in [-0.25, -0.2) is 0 Å². The van der Waals surface area contributed by atoms with Crippen molar-refractivity contribution in [2.24, 2.45) is 11.7 Å². The average Bonchev–Trinajstić information content (AvgIpc) is 2.36. The first kappa shape index (κ1) is 14.1. The molecule has 1 aromatic carbocycles. The predicted octanol–water partition coefficient (Wildman–Crippen LogP) is 1.66. The third-order valence-electron chi connectivity index (χ3n) is 2.57. The van der Waals surface area contributed by atoms with E-state index in [0.29, 0.717) is 25.4 Å². The fourth-order valence-corrected chi connectivity index (χ4v) is 1.77. The summed E-state index contributed by atoms with van der Waals surface area (Å²) in [5.74, 6) is 0.389. The summed E-state index contributed by atoms with van der Waals surface area (Å²) in [6.45, 7) is 3.27. The van der Waals surface area contributed by atoms with Gasteiger partial charge in [-0.3, -0.25) is 4.79 Å². The number of carbonyl (C=O) groups is 1. The summed E-state index contributed by atoms with van der Waals surface area (Å²) in [6.07, 6.45) is 2.47. The number of hydrogen-bond donors (Lipinski definition) is 2. The Morgan fingerprint density at radius 2 is 2.06 bits per heavy atom. The van der Waals surface area contributed by atoms with Crippen LogP contribution in [0.1, 0.15) is 12.5 Å². The first-order chi connectivity index (χ1) is 8.15. The Bertz CT molecular complexity index is 351. The number of hydrogen-bond acceptors (Lipinski definition) is 3. The van der Waals surface area contributed by atoms with Gasteiger partial charge in [-0.1, -0.05) is 19.1 Å². The van der Waals surface area contributed by atoms with E-state index in [1.807, 2.05) is 37.4 Å². The molecule has 1 aromatic rings. The highest BCUT2D eigenvalue weighted by Gasteiger charge is 2.05. The number of thioether (sulfide) groups is 1. The predicted molar refractivity (Wildman–Crippen MR) is 73.2 cm³/mol. The summed E-state index contributed by atoms with van der Waals surface area (Å²) in [6, 6.07) is 8.07. The summed E-state index contributed by atoms with van der Waals surface area (Å²) in [4.78, 5) is 12.8. The van der Waals surface area contributed by atoms with Crippen LogP contribution in [-0.2, 0) is 11.2 Å². The van der Waals surface area contributed by atoms with Crippen molar-refractivity contribution in [3.05, 3.63) is 29.8 Å². The van der Waals surface area contributed by atoms with Crippen LogP contribution < -0.4 is 11.1 Å². The summed E-state index contributed by atoms with van der Waals surface area (Å²) in [7, 11) is 0. The maximum Gasteiger partial charge on any atom is 0.224 e. The highest BCUT2D eigenvalue weighted by atomic mass is 32.2. The van der Waals surface area contributed by atoms with E-state index in [-0.39, 0.29) is 5.91 Å². The Morgan fingerprint density at radius 3 is 2.59 bits per heavy atom. The number of nitrogens with two attached hydrogens (primary N) is 1. The lowest BCUT2D eigenvalue weighted by molar-refractivity contribution is -0.120. The molecule has 0 aliphatic rings. The third-order valence-corrected chi connectivity index (χ3v) is 3.32. The number of benzene rings is 1. The molecule has 0 aliphatic heterocycles. The second-order valence-electron chi connectivity index (χ2n) is 4.17. The topological polar surface area (TPSA) is 55.1 Å². The third kappa shape index (κ3) is 5.24. The zero-order valence-electron chi connectivity index (χ0n) is 10.4. The maximum absolute atomic E-state index is 11.6. The fourth-order valence-electron chi connectivity index (χ4n) is 1.36. The van der Waals surface area contributed by atoms with Crippen LogP contribution >= 0.6 is 11.8 Å². The molecule has 0 heterocycles. The average molecular weight is 252 g/mol. The van der Waals surface area contributed by atoms with Crippen molar-refractivity contribution in [1.29, 1.82) is 0 Å². The van der Waals surface area contributed by atoms with E-state index >= 15 is 0 Å². The molecule has 0 saturated heterocycles. The standard InChI is InChI=1S/C13H20N2OS/c1-10(8-14)9-15-13(16)7-11-3-5-12(17-2)6-4-11/h3-6,10H,7-9,14H2,1-2H3,(H,15,16). The Morgan fingerprint density at radius 1 is 1.41 bits per heavy atom. The minimum absolute atomic E-state index is 0.0576. The molecule has 3 nitrogen and oxygen atoms in total. The maximum atomic E-state index is 11.6. The Kier molecular flexibility index (Phi) is 6.08. The van der Waals surface area contributed by atoms with Gasteiger partial charge >= 0.3 is 0 Å². The molecule has 94 valence electrons. The molecular formula is C13H20N2OS. The fraction of sp³-hybridized carbons (Fsp3) is 0.462. The summed E-state index contributed by atoms with van der Waals surface area (Å²) < 4.78 is 0. The number of amides is 1. The van der Waals surface area contributed by atoms with Crippen LogP contribution in [-0.4, -0.2) is 25.3 Å². The van der Waals surface area contributed by atoms with Crippen LogP contribution in [0.4, 0.5) is 0 Å². The molecule has 3 N–H and O–H groups in total. The zero-order valence-corrected chi connectivity index (χ0v) is 11.2. The van der Waals surface area contributed by atoms with Gasteiger partial charge in [0.2, 0.25) is 5.91 Å². The van der Waals surface area contributed by atoms with Crippen molar-refractivity contribution in [2.75, 3.05) is 19.3 Å². The van der Waals surface area contributed by atoms with E-state index in [2.05, 4.69) is 5.32 Å². The van der Waals surface area contributed by atoms with Gasteiger partial charge in [0, 0.05) is 11.4 Å². The smallest absolute Gasteiger partial charge is 0.224 e. The Labute approximate surface area is 107 Å². The molecule has 0 fully saturated rings. The summed E-state index contributed by atoms with van der Waals surface area (Å²) in [5.41, 5.74) is 6.53. The van der Waals surface area contributed by atoms with E-state index in [1.165, 1.54) is 4.90 Å². The van der Waals surface area contributed by atoms with Gasteiger partial charge < -0.3 is 11.1 Å². The van der Waals surface area contributed by atoms with Crippen molar-refractivity contribution in [3.8, 4) is 0 Å². The van der Waals surface area contributed by atoms with Crippen LogP contribution in [0.15, 0.2) is 29.2 Å². The molecule has 0 spiro atoms. The van der Waals surface area contributed by atoms with Crippen molar-refractivity contribution >= 4 is 17.7 Å². The van der Waals surface area contributed by atoms with Crippen LogP contribution in [0.3, 0.4) is 0 Å². The van der Waals surface area contributed by atoms with Gasteiger partial charge in [-0.15, -0.1) is 11.8 Å². The lowest BCUT2D eigenvalue weighted by Gasteiger charge is -2.10. The molecule has 0 radical (unpaired) electrons. The van der Waals surface area contributed by atoms with Crippen molar-refractivity contribution in [3.63, 3.8) is 0 Å². The van der Waals surface area contributed by atoms with Gasteiger partial charge in [-0.05, 0) is 36.4 Å². The highest BCUT2D eigenvalue weighted by Crippen LogP contribution is 2.14. The Balaban J connectivity index is 2.39. The van der Waals surface area contributed by atoms with Crippen LogP contribution in [0.2, 0.25) is 0 Å². The molecular weight excluding hydrogens is 232 g/mol. The van der Waals surface area contributed by atoms with Gasteiger partial charge in [0.1, 0.15) is 0 Å².